The Bertz CT molecular complexity index is 888. The van der Waals surface area contributed by atoms with Crippen LogP contribution in [0.4, 0.5) is 0 Å². The lowest BCUT2D eigenvalue weighted by Crippen LogP contribution is -2.27. The fourth-order valence-electron chi connectivity index (χ4n) is 2.63. The van der Waals surface area contributed by atoms with Crippen molar-refractivity contribution in [2.45, 2.75) is 32.9 Å². The summed E-state index contributed by atoms with van der Waals surface area (Å²) in [5.41, 5.74) is 2.36. The van der Waals surface area contributed by atoms with Crippen LogP contribution in [0, 0.1) is 0 Å². The van der Waals surface area contributed by atoms with Gasteiger partial charge in [0.2, 0.25) is 0 Å². The second kappa shape index (κ2) is 6.73. The zero-order valence-electron chi connectivity index (χ0n) is 13.8. The molecule has 0 aliphatic heterocycles. The van der Waals surface area contributed by atoms with Crippen LogP contribution in [-0.2, 0) is 0 Å². The molecule has 0 aliphatic carbocycles. The van der Waals surface area contributed by atoms with Gasteiger partial charge in [0.15, 0.2) is 5.65 Å². The number of carbonyl (C=O) groups is 1. The van der Waals surface area contributed by atoms with E-state index < -0.39 is 0 Å². The Morgan fingerprint density at radius 1 is 1.21 bits per heavy atom. The van der Waals surface area contributed by atoms with Crippen molar-refractivity contribution in [2.24, 2.45) is 0 Å². The van der Waals surface area contributed by atoms with E-state index in [9.17, 15) is 4.79 Å². The molecule has 3 rings (SSSR count). The number of hydrogen-bond donors (Lipinski definition) is 1. The van der Waals surface area contributed by atoms with Gasteiger partial charge in [-0.25, -0.2) is 9.67 Å². The van der Waals surface area contributed by atoms with Crippen molar-refractivity contribution in [3.63, 3.8) is 0 Å². The van der Waals surface area contributed by atoms with Gasteiger partial charge in [-0.15, -0.1) is 0 Å². The van der Waals surface area contributed by atoms with Crippen LogP contribution in [0.15, 0.2) is 47.2 Å². The van der Waals surface area contributed by atoms with Gasteiger partial charge in [0.1, 0.15) is 0 Å². The Labute approximate surface area is 149 Å². The van der Waals surface area contributed by atoms with Gasteiger partial charge in [0.05, 0.1) is 17.8 Å². The molecule has 1 aromatic carbocycles. The van der Waals surface area contributed by atoms with Crippen LogP contribution in [-0.4, -0.2) is 20.7 Å². The Hall–Kier alpha value is -2.21. The molecule has 2 aromatic heterocycles. The van der Waals surface area contributed by atoms with Crippen molar-refractivity contribution in [3.8, 4) is 0 Å². The Morgan fingerprint density at radius 3 is 2.67 bits per heavy atom. The van der Waals surface area contributed by atoms with Gasteiger partial charge >= 0.3 is 0 Å². The summed E-state index contributed by atoms with van der Waals surface area (Å²) in [4.78, 5) is 16.9. The molecule has 0 unspecified atom stereocenters. The van der Waals surface area contributed by atoms with Gasteiger partial charge in [0.25, 0.3) is 5.91 Å². The van der Waals surface area contributed by atoms with Gasteiger partial charge in [-0.1, -0.05) is 34.1 Å². The van der Waals surface area contributed by atoms with Crippen LogP contribution in [0.3, 0.4) is 0 Å². The molecule has 3 aromatic rings. The molecule has 24 heavy (non-hydrogen) atoms. The molecular formula is C18H19BrN4O. The Morgan fingerprint density at radius 2 is 1.96 bits per heavy atom. The third kappa shape index (κ3) is 3.19. The largest absolute Gasteiger partial charge is 0.345 e. The first-order valence-electron chi connectivity index (χ1n) is 7.86. The van der Waals surface area contributed by atoms with E-state index in [1.807, 2.05) is 55.8 Å². The Kier molecular flexibility index (Phi) is 4.66. The van der Waals surface area contributed by atoms with Crippen LogP contribution in [0.1, 0.15) is 48.8 Å². The van der Waals surface area contributed by atoms with Gasteiger partial charge in [-0.2, -0.15) is 5.10 Å². The highest BCUT2D eigenvalue weighted by atomic mass is 79.9. The molecule has 0 saturated carbocycles. The van der Waals surface area contributed by atoms with Gasteiger partial charge in [-0.05, 0) is 38.5 Å². The number of benzene rings is 1. The van der Waals surface area contributed by atoms with E-state index >= 15 is 0 Å². The van der Waals surface area contributed by atoms with Crippen LogP contribution in [0.5, 0.6) is 0 Å². The van der Waals surface area contributed by atoms with E-state index in [-0.39, 0.29) is 18.0 Å². The monoisotopic (exact) mass is 386 g/mol. The molecule has 0 bridgehead atoms. The summed E-state index contributed by atoms with van der Waals surface area (Å²) in [6.45, 7) is 6.06. The first kappa shape index (κ1) is 16.6. The summed E-state index contributed by atoms with van der Waals surface area (Å²) in [5, 5.41) is 8.21. The Balaban J connectivity index is 1.82. The van der Waals surface area contributed by atoms with Crippen molar-refractivity contribution >= 4 is 32.9 Å². The standard InChI is InChI=1S/C18H19BrN4O/c1-11(2)23-17-13(10-21-23)8-14(9-20-17)18(24)22-12(3)15-6-4-5-7-16(15)19/h4-12H,1-3H3,(H,22,24)/t12-/m0/s1. The van der Waals surface area contributed by atoms with Crippen molar-refractivity contribution in [1.82, 2.24) is 20.1 Å². The third-order valence-corrected chi connectivity index (χ3v) is 4.63. The topological polar surface area (TPSA) is 59.8 Å². The highest BCUT2D eigenvalue weighted by molar-refractivity contribution is 9.10. The lowest BCUT2D eigenvalue weighted by Gasteiger charge is -2.16. The average molecular weight is 387 g/mol. The van der Waals surface area contributed by atoms with E-state index in [1.54, 1.807) is 12.4 Å². The van der Waals surface area contributed by atoms with E-state index in [4.69, 9.17) is 0 Å². The summed E-state index contributed by atoms with van der Waals surface area (Å²) < 4.78 is 2.82. The summed E-state index contributed by atoms with van der Waals surface area (Å²) in [7, 11) is 0. The normalized spacial score (nSPS) is 12.5. The second-order valence-electron chi connectivity index (χ2n) is 6.04. The van der Waals surface area contributed by atoms with E-state index in [0.29, 0.717) is 5.56 Å². The first-order valence-corrected chi connectivity index (χ1v) is 8.65. The smallest absolute Gasteiger partial charge is 0.253 e. The highest BCUT2D eigenvalue weighted by Crippen LogP contribution is 2.23. The predicted octanol–water partition coefficient (Wildman–Crippen LogP) is 4.27. The van der Waals surface area contributed by atoms with E-state index in [0.717, 1.165) is 21.1 Å². The molecule has 5 nitrogen and oxygen atoms in total. The molecule has 0 spiro atoms. The fraction of sp³-hybridized carbons (Fsp3) is 0.278. The summed E-state index contributed by atoms with van der Waals surface area (Å²) in [6.07, 6.45) is 3.35. The minimum Gasteiger partial charge on any atom is -0.345 e. The molecule has 124 valence electrons. The maximum absolute atomic E-state index is 12.5. The maximum atomic E-state index is 12.5. The predicted molar refractivity (Wildman–Crippen MR) is 97.9 cm³/mol. The zero-order chi connectivity index (χ0) is 17.3. The number of aromatic nitrogens is 3. The average Bonchev–Trinajstić information content (AvgIpc) is 2.98. The molecule has 6 heteroatoms. The molecule has 0 saturated heterocycles. The van der Waals surface area contributed by atoms with Crippen molar-refractivity contribution in [3.05, 3.63) is 58.3 Å². The molecule has 1 N–H and O–H groups in total. The summed E-state index contributed by atoms with van der Waals surface area (Å²) in [5.74, 6) is -0.148. The number of halogens is 1. The SMILES string of the molecule is CC(C)n1ncc2cc(C(=O)N[C@@H](C)c3ccccc3Br)cnc21. The number of nitrogens with one attached hydrogen (secondary N) is 1. The lowest BCUT2D eigenvalue weighted by molar-refractivity contribution is 0.0939. The van der Waals surface area contributed by atoms with Crippen LogP contribution in [0.2, 0.25) is 0 Å². The second-order valence-corrected chi connectivity index (χ2v) is 6.89. The molecule has 1 amide bonds. The molecule has 0 radical (unpaired) electrons. The minimum atomic E-state index is -0.148. The lowest BCUT2D eigenvalue weighted by atomic mass is 10.1. The number of carbonyl (C=O) groups excluding carboxylic acids is 1. The van der Waals surface area contributed by atoms with Crippen molar-refractivity contribution in [1.29, 1.82) is 0 Å². The number of amides is 1. The minimum absolute atomic E-state index is 0.109. The van der Waals surface area contributed by atoms with Crippen LogP contribution >= 0.6 is 15.9 Å². The number of rotatable bonds is 4. The maximum Gasteiger partial charge on any atom is 0.253 e. The van der Waals surface area contributed by atoms with E-state index in [2.05, 4.69) is 31.3 Å². The number of pyridine rings is 1. The highest BCUT2D eigenvalue weighted by Gasteiger charge is 2.15. The molecule has 0 fully saturated rings. The number of nitrogens with zero attached hydrogens (tertiary/aromatic N) is 3. The fourth-order valence-corrected chi connectivity index (χ4v) is 3.25. The molecular weight excluding hydrogens is 368 g/mol. The zero-order valence-corrected chi connectivity index (χ0v) is 15.4. The van der Waals surface area contributed by atoms with Crippen molar-refractivity contribution < 1.29 is 4.79 Å². The van der Waals surface area contributed by atoms with Gasteiger partial charge < -0.3 is 5.32 Å². The molecule has 0 aliphatic rings. The van der Waals surface area contributed by atoms with Gasteiger partial charge in [-0.3, -0.25) is 4.79 Å². The quantitative estimate of drug-likeness (QED) is 0.728. The molecule has 2 heterocycles. The van der Waals surface area contributed by atoms with Crippen LogP contribution < -0.4 is 5.32 Å². The van der Waals surface area contributed by atoms with Crippen molar-refractivity contribution in [2.75, 3.05) is 0 Å². The number of fused-ring (bicyclic) bond motifs is 1. The summed E-state index contributed by atoms with van der Waals surface area (Å²) >= 11 is 3.52. The van der Waals surface area contributed by atoms with Crippen LogP contribution in [0.25, 0.3) is 11.0 Å². The number of hydrogen-bond acceptors (Lipinski definition) is 3. The summed E-state index contributed by atoms with van der Waals surface area (Å²) in [6, 6.07) is 9.81. The van der Waals surface area contributed by atoms with E-state index in [1.165, 1.54) is 0 Å². The molecule has 1 atom stereocenters. The van der Waals surface area contributed by atoms with Gasteiger partial charge in [0, 0.05) is 22.1 Å². The first-order chi connectivity index (χ1) is 11.5. The third-order valence-electron chi connectivity index (χ3n) is 3.90.